The molecule has 0 aliphatic carbocycles. The van der Waals surface area contributed by atoms with Crippen LogP contribution in [0.3, 0.4) is 0 Å². The molecular weight excluding hydrogens is 334 g/mol. The molecule has 0 aromatic heterocycles. The summed E-state index contributed by atoms with van der Waals surface area (Å²) < 4.78 is 0. The Balaban J connectivity index is 1.37. The summed E-state index contributed by atoms with van der Waals surface area (Å²) >= 11 is 5.86. The molecule has 25 heavy (non-hydrogen) atoms. The van der Waals surface area contributed by atoms with Crippen LogP contribution in [0, 0.1) is 0 Å². The lowest BCUT2D eigenvalue weighted by Crippen LogP contribution is -2.31. The van der Waals surface area contributed by atoms with E-state index in [1.807, 2.05) is 36.4 Å². The largest absolute Gasteiger partial charge is 0.376 e. The van der Waals surface area contributed by atoms with Crippen molar-refractivity contribution in [2.24, 2.45) is 0 Å². The fourth-order valence-corrected chi connectivity index (χ4v) is 3.13. The van der Waals surface area contributed by atoms with Gasteiger partial charge in [0.25, 0.3) is 0 Å². The van der Waals surface area contributed by atoms with Crippen LogP contribution in [0.25, 0.3) is 0 Å². The summed E-state index contributed by atoms with van der Waals surface area (Å²) in [6.45, 7) is 3.19. The molecule has 1 aliphatic rings. The highest BCUT2D eigenvalue weighted by molar-refractivity contribution is 6.30. The molecule has 0 unspecified atom stereocenters. The number of hydrogen-bond acceptors (Lipinski definition) is 3. The lowest BCUT2D eigenvalue weighted by Gasteiger charge is -2.18. The van der Waals surface area contributed by atoms with Crippen molar-refractivity contribution in [1.29, 1.82) is 0 Å². The Kier molecular flexibility index (Phi) is 6.18. The Hall–Kier alpha value is -2.20. The number of halogens is 1. The molecule has 5 heteroatoms. The minimum atomic E-state index is -0.00224. The third kappa shape index (κ3) is 5.40. The van der Waals surface area contributed by atoms with Gasteiger partial charge in [-0.15, -0.1) is 0 Å². The standard InChI is InChI=1S/C20H24ClN3O/c21-17-5-3-16(4-6-17)11-12-22-20(25)15-23-18-7-9-19(10-8-18)24-13-1-2-14-24/h3-10,23H,1-2,11-15H2,(H,22,25). The van der Waals surface area contributed by atoms with Gasteiger partial charge in [0.2, 0.25) is 5.91 Å². The molecule has 1 saturated heterocycles. The first-order valence-electron chi connectivity index (χ1n) is 8.81. The molecule has 0 saturated carbocycles. The predicted molar refractivity (Wildman–Crippen MR) is 105 cm³/mol. The van der Waals surface area contributed by atoms with E-state index in [-0.39, 0.29) is 12.5 Å². The van der Waals surface area contributed by atoms with Crippen molar-refractivity contribution in [3.63, 3.8) is 0 Å². The maximum atomic E-state index is 11.9. The Morgan fingerprint density at radius 2 is 1.68 bits per heavy atom. The molecular formula is C20H24ClN3O. The second-order valence-electron chi connectivity index (χ2n) is 6.32. The van der Waals surface area contributed by atoms with Gasteiger partial charge in [0, 0.05) is 36.0 Å². The minimum absolute atomic E-state index is 0.00224. The van der Waals surface area contributed by atoms with Gasteiger partial charge in [-0.1, -0.05) is 23.7 Å². The molecule has 3 rings (SSSR count). The van der Waals surface area contributed by atoms with E-state index < -0.39 is 0 Å². The number of benzene rings is 2. The van der Waals surface area contributed by atoms with Gasteiger partial charge in [-0.05, 0) is 61.2 Å². The Labute approximate surface area is 154 Å². The van der Waals surface area contributed by atoms with Gasteiger partial charge >= 0.3 is 0 Å². The Bertz CT molecular complexity index is 679. The van der Waals surface area contributed by atoms with Gasteiger partial charge in [-0.25, -0.2) is 0 Å². The zero-order valence-corrected chi connectivity index (χ0v) is 15.1. The van der Waals surface area contributed by atoms with Gasteiger partial charge < -0.3 is 15.5 Å². The van der Waals surface area contributed by atoms with Crippen LogP contribution in [0.15, 0.2) is 48.5 Å². The van der Waals surface area contributed by atoms with E-state index in [9.17, 15) is 4.79 Å². The molecule has 0 spiro atoms. The van der Waals surface area contributed by atoms with Crippen LogP contribution in [-0.2, 0) is 11.2 Å². The summed E-state index contributed by atoms with van der Waals surface area (Å²) in [6.07, 6.45) is 3.35. The summed E-state index contributed by atoms with van der Waals surface area (Å²) in [5, 5.41) is 6.83. The summed E-state index contributed by atoms with van der Waals surface area (Å²) in [4.78, 5) is 14.3. The second kappa shape index (κ2) is 8.77. The molecule has 0 bridgehead atoms. The van der Waals surface area contributed by atoms with Crippen LogP contribution >= 0.6 is 11.6 Å². The number of nitrogens with zero attached hydrogens (tertiary/aromatic N) is 1. The van der Waals surface area contributed by atoms with Crippen molar-refractivity contribution in [3.8, 4) is 0 Å². The first-order valence-corrected chi connectivity index (χ1v) is 9.18. The van der Waals surface area contributed by atoms with Gasteiger partial charge in [-0.3, -0.25) is 4.79 Å². The van der Waals surface area contributed by atoms with E-state index in [4.69, 9.17) is 11.6 Å². The second-order valence-corrected chi connectivity index (χ2v) is 6.76. The number of hydrogen-bond donors (Lipinski definition) is 2. The van der Waals surface area contributed by atoms with Gasteiger partial charge in [0.1, 0.15) is 0 Å². The average Bonchev–Trinajstić information content (AvgIpc) is 3.17. The van der Waals surface area contributed by atoms with E-state index in [0.717, 1.165) is 35.8 Å². The number of carbonyl (C=O) groups is 1. The number of anilines is 2. The molecule has 1 heterocycles. The third-order valence-corrected chi connectivity index (χ3v) is 4.69. The molecule has 132 valence electrons. The SMILES string of the molecule is O=C(CNc1ccc(N2CCCC2)cc1)NCCc1ccc(Cl)cc1. The quantitative estimate of drug-likeness (QED) is 0.794. The van der Waals surface area contributed by atoms with Crippen LogP contribution < -0.4 is 15.5 Å². The molecule has 0 atom stereocenters. The third-order valence-electron chi connectivity index (χ3n) is 4.44. The minimum Gasteiger partial charge on any atom is -0.376 e. The molecule has 1 aliphatic heterocycles. The monoisotopic (exact) mass is 357 g/mol. The smallest absolute Gasteiger partial charge is 0.239 e. The average molecular weight is 358 g/mol. The number of amides is 1. The highest BCUT2D eigenvalue weighted by atomic mass is 35.5. The fourth-order valence-electron chi connectivity index (χ4n) is 3.01. The Morgan fingerprint density at radius 3 is 2.36 bits per heavy atom. The van der Waals surface area contributed by atoms with Crippen LogP contribution in [0.2, 0.25) is 5.02 Å². The van der Waals surface area contributed by atoms with Gasteiger partial charge in [-0.2, -0.15) is 0 Å². The van der Waals surface area contributed by atoms with Crippen molar-refractivity contribution >= 4 is 28.9 Å². The van der Waals surface area contributed by atoms with Gasteiger partial charge in [0.05, 0.1) is 6.54 Å². The van der Waals surface area contributed by atoms with Crippen molar-refractivity contribution < 1.29 is 4.79 Å². The van der Waals surface area contributed by atoms with Gasteiger partial charge in [0.15, 0.2) is 0 Å². The van der Waals surface area contributed by atoms with Crippen molar-refractivity contribution in [3.05, 3.63) is 59.1 Å². The normalized spacial score (nSPS) is 13.7. The summed E-state index contributed by atoms with van der Waals surface area (Å²) in [5.41, 5.74) is 3.39. The Morgan fingerprint density at radius 1 is 1.00 bits per heavy atom. The maximum absolute atomic E-state index is 11.9. The first-order chi connectivity index (χ1) is 12.2. The predicted octanol–water partition coefficient (Wildman–Crippen LogP) is 3.71. The van der Waals surface area contributed by atoms with Crippen LogP contribution in [0.5, 0.6) is 0 Å². The van der Waals surface area contributed by atoms with E-state index >= 15 is 0 Å². The van der Waals surface area contributed by atoms with Crippen molar-refractivity contribution in [2.75, 3.05) is 36.4 Å². The lowest BCUT2D eigenvalue weighted by atomic mass is 10.1. The molecule has 0 radical (unpaired) electrons. The van der Waals surface area contributed by atoms with Crippen molar-refractivity contribution in [1.82, 2.24) is 5.32 Å². The fraction of sp³-hybridized carbons (Fsp3) is 0.350. The number of rotatable bonds is 7. The molecule has 1 amide bonds. The van der Waals surface area contributed by atoms with Crippen molar-refractivity contribution in [2.45, 2.75) is 19.3 Å². The summed E-state index contributed by atoms with van der Waals surface area (Å²) in [7, 11) is 0. The molecule has 2 aromatic rings. The van der Waals surface area contributed by atoms with Crippen LogP contribution in [-0.4, -0.2) is 32.1 Å². The molecule has 1 fully saturated rings. The highest BCUT2D eigenvalue weighted by Crippen LogP contribution is 2.21. The number of carbonyl (C=O) groups excluding carboxylic acids is 1. The first kappa shape index (κ1) is 17.6. The topological polar surface area (TPSA) is 44.4 Å². The molecule has 2 N–H and O–H groups in total. The van der Waals surface area contributed by atoms with E-state index in [1.54, 1.807) is 0 Å². The van der Waals surface area contributed by atoms with Crippen LogP contribution in [0.4, 0.5) is 11.4 Å². The van der Waals surface area contributed by atoms with E-state index in [1.165, 1.54) is 18.5 Å². The molecule has 2 aromatic carbocycles. The zero-order valence-electron chi connectivity index (χ0n) is 14.3. The molecule has 4 nitrogen and oxygen atoms in total. The maximum Gasteiger partial charge on any atom is 0.239 e. The van der Waals surface area contributed by atoms with Crippen LogP contribution in [0.1, 0.15) is 18.4 Å². The highest BCUT2D eigenvalue weighted by Gasteiger charge is 2.11. The van der Waals surface area contributed by atoms with E-state index in [0.29, 0.717) is 6.54 Å². The zero-order chi connectivity index (χ0) is 17.5. The number of nitrogens with one attached hydrogen (secondary N) is 2. The lowest BCUT2D eigenvalue weighted by molar-refractivity contribution is -0.119. The summed E-state index contributed by atoms with van der Waals surface area (Å²) in [5.74, 6) is -0.00224. The van der Waals surface area contributed by atoms with E-state index in [2.05, 4.69) is 27.7 Å². The summed E-state index contributed by atoms with van der Waals surface area (Å²) in [6, 6.07) is 16.0.